The average Bonchev–Trinajstić information content (AvgIpc) is 2.82. The molecule has 2 amide bonds. The fraction of sp³-hybridized carbons (Fsp3) is 0.391. The molecule has 3 rings (SSSR count). The minimum absolute atomic E-state index is 0.0922. The van der Waals surface area contributed by atoms with Gasteiger partial charge >= 0.3 is 6.09 Å². The average molecular weight is 510 g/mol. The van der Waals surface area contributed by atoms with Crippen LogP contribution in [0.25, 0.3) is 0 Å². The Kier molecular flexibility index (Phi) is 8.62. The fourth-order valence-electron chi connectivity index (χ4n) is 3.48. The van der Waals surface area contributed by atoms with Crippen LogP contribution in [0.4, 0.5) is 10.5 Å². The van der Waals surface area contributed by atoms with E-state index in [-0.39, 0.29) is 25.2 Å². The Morgan fingerprint density at radius 3 is 2.21 bits per heavy atom. The minimum atomic E-state index is -3.56. The van der Waals surface area contributed by atoms with Crippen LogP contribution >= 0.6 is 11.6 Å². The van der Waals surface area contributed by atoms with Gasteiger partial charge in [0.2, 0.25) is 10.0 Å². The van der Waals surface area contributed by atoms with Gasteiger partial charge in [-0.15, -0.1) is 0 Å². The first-order valence-corrected chi connectivity index (χ1v) is 13.0. The second kappa shape index (κ2) is 11.4. The van der Waals surface area contributed by atoms with Crippen LogP contribution in [-0.2, 0) is 26.1 Å². The van der Waals surface area contributed by atoms with Crippen LogP contribution in [0.2, 0.25) is 5.02 Å². The van der Waals surface area contributed by atoms with Crippen LogP contribution < -0.4 is 9.04 Å². The quantitative estimate of drug-likeness (QED) is 0.542. The normalized spacial score (nSPS) is 14.0. The van der Waals surface area contributed by atoms with Gasteiger partial charge in [0.1, 0.15) is 5.75 Å². The SMILES string of the molecule is CCOC(=O)N1CCN(C(=O)COc2ccc(N(Cc3ccccc3Cl)S(C)(=O)=O)cc2)CC1. The summed E-state index contributed by atoms with van der Waals surface area (Å²) in [5.74, 6) is 0.248. The molecule has 0 N–H and O–H groups in total. The molecule has 1 heterocycles. The van der Waals surface area contributed by atoms with Crippen molar-refractivity contribution in [3.8, 4) is 5.75 Å². The molecule has 0 unspecified atom stereocenters. The van der Waals surface area contributed by atoms with Crippen molar-refractivity contribution in [2.45, 2.75) is 13.5 Å². The van der Waals surface area contributed by atoms with Gasteiger partial charge in [0.25, 0.3) is 5.91 Å². The molecule has 1 aliphatic heterocycles. The van der Waals surface area contributed by atoms with Crippen LogP contribution in [0.5, 0.6) is 5.75 Å². The molecule has 34 heavy (non-hydrogen) atoms. The lowest BCUT2D eigenvalue weighted by atomic mass is 10.2. The highest BCUT2D eigenvalue weighted by Gasteiger charge is 2.25. The third-order valence-electron chi connectivity index (χ3n) is 5.32. The highest BCUT2D eigenvalue weighted by molar-refractivity contribution is 7.92. The van der Waals surface area contributed by atoms with E-state index in [1.54, 1.807) is 65.3 Å². The molecule has 1 saturated heterocycles. The van der Waals surface area contributed by atoms with E-state index in [9.17, 15) is 18.0 Å². The highest BCUT2D eigenvalue weighted by Crippen LogP contribution is 2.26. The standard InChI is InChI=1S/C23H28ClN3O6S/c1-3-32-23(29)26-14-12-25(13-15-26)22(28)17-33-20-10-8-19(9-11-20)27(34(2,30)31)16-18-6-4-5-7-21(18)24/h4-11H,3,12-17H2,1-2H3. The molecular weight excluding hydrogens is 482 g/mol. The van der Waals surface area contributed by atoms with E-state index < -0.39 is 10.0 Å². The number of nitrogens with zero attached hydrogens (tertiary/aromatic N) is 3. The van der Waals surface area contributed by atoms with Gasteiger partial charge in [-0.3, -0.25) is 9.10 Å². The third-order valence-corrected chi connectivity index (χ3v) is 6.83. The number of hydrogen-bond donors (Lipinski definition) is 0. The first kappa shape index (κ1) is 25.6. The van der Waals surface area contributed by atoms with E-state index in [0.717, 1.165) is 6.26 Å². The first-order chi connectivity index (χ1) is 16.2. The highest BCUT2D eigenvalue weighted by atomic mass is 35.5. The Morgan fingerprint density at radius 1 is 1.00 bits per heavy atom. The van der Waals surface area contributed by atoms with E-state index in [4.69, 9.17) is 21.1 Å². The van der Waals surface area contributed by atoms with Gasteiger partial charge in [0.15, 0.2) is 6.61 Å². The molecule has 1 aliphatic rings. The van der Waals surface area contributed by atoms with Gasteiger partial charge in [-0.1, -0.05) is 29.8 Å². The number of halogens is 1. The van der Waals surface area contributed by atoms with Crippen molar-refractivity contribution in [2.24, 2.45) is 0 Å². The number of anilines is 1. The number of carbonyl (C=O) groups is 2. The van der Waals surface area contributed by atoms with E-state index in [2.05, 4.69) is 0 Å². The van der Waals surface area contributed by atoms with E-state index >= 15 is 0 Å². The Bertz CT molecular complexity index is 1100. The zero-order valence-electron chi connectivity index (χ0n) is 19.1. The summed E-state index contributed by atoms with van der Waals surface area (Å²) in [5.41, 5.74) is 1.14. The molecule has 184 valence electrons. The molecule has 0 saturated carbocycles. The fourth-order valence-corrected chi connectivity index (χ4v) is 4.55. The Morgan fingerprint density at radius 2 is 1.62 bits per heavy atom. The predicted octanol–water partition coefficient (Wildman–Crippen LogP) is 2.99. The molecular formula is C23H28ClN3O6S. The second-order valence-electron chi connectivity index (χ2n) is 7.71. The summed E-state index contributed by atoms with van der Waals surface area (Å²) in [6.07, 6.45) is 0.762. The molecule has 0 spiro atoms. The summed E-state index contributed by atoms with van der Waals surface area (Å²) < 4.78 is 36.6. The lowest BCUT2D eigenvalue weighted by molar-refractivity contribution is -0.134. The molecule has 1 fully saturated rings. The van der Waals surface area contributed by atoms with Gasteiger partial charge in [-0.05, 0) is 42.8 Å². The van der Waals surface area contributed by atoms with Crippen LogP contribution in [0, 0.1) is 0 Å². The maximum Gasteiger partial charge on any atom is 0.409 e. The number of piperazine rings is 1. The van der Waals surface area contributed by atoms with Crippen molar-refractivity contribution in [2.75, 3.05) is 50.0 Å². The van der Waals surface area contributed by atoms with Gasteiger partial charge in [-0.2, -0.15) is 0 Å². The number of benzene rings is 2. The predicted molar refractivity (Wildman–Crippen MR) is 130 cm³/mol. The van der Waals surface area contributed by atoms with Gasteiger partial charge in [0.05, 0.1) is 25.1 Å². The number of amides is 2. The summed E-state index contributed by atoms with van der Waals surface area (Å²) in [7, 11) is -3.56. The number of sulfonamides is 1. The molecule has 0 aromatic heterocycles. The Balaban J connectivity index is 1.57. The lowest BCUT2D eigenvalue weighted by Gasteiger charge is -2.33. The topological polar surface area (TPSA) is 96.5 Å². The second-order valence-corrected chi connectivity index (χ2v) is 10.0. The maximum absolute atomic E-state index is 12.5. The molecule has 2 aromatic rings. The monoisotopic (exact) mass is 509 g/mol. The maximum atomic E-state index is 12.5. The molecule has 0 atom stereocenters. The summed E-state index contributed by atoms with van der Waals surface area (Å²) in [5, 5.41) is 0.484. The molecule has 2 aromatic carbocycles. The van der Waals surface area contributed by atoms with Gasteiger partial charge < -0.3 is 19.3 Å². The van der Waals surface area contributed by atoms with Crippen molar-refractivity contribution in [3.05, 3.63) is 59.1 Å². The van der Waals surface area contributed by atoms with Crippen molar-refractivity contribution in [3.63, 3.8) is 0 Å². The summed E-state index contributed by atoms with van der Waals surface area (Å²) in [4.78, 5) is 27.5. The van der Waals surface area contributed by atoms with Crippen molar-refractivity contribution in [1.29, 1.82) is 0 Å². The van der Waals surface area contributed by atoms with Crippen LogP contribution in [0.1, 0.15) is 12.5 Å². The van der Waals surface area contributed by atoms with Crippen molar-refractivity contribution < 1.29 is 27.5 Å². The number of rotatable bonds is 8. The molecule has 0 aliphatic carbocycles. The van der Waals surface area contributed by atoms with E-state index in [1.165, 1.54) is 4.31 Å². The largest absolute Gasteiger partial charge is 0.484 e. The lowest BCUT2D eigenvalue weighted by Crippen LogP contribution is -2.51. The van der Waals surface area contributed by atoms with Crippen molar-refractivity contribution in [1.82, 2.24) is 9.80 Å². The van der Waals surface area contributed by atoms with Crippen molar-refractivity contribution >= 4 is 39.3 Å². The summed E-state index contributed by atoms with van der Waals surface area (Å²) >= 11 is 6.20. The third kappa shape index (κ3) is 6.77. The summed E-state index contributed by atoms with van der Waals surface area (Å²) in [6.45, 7) is 3.63. The number of ether oxygens (including phenoxy) is 2. The van der Waals surface area contributed by atoms with Gasteiger partial charge in [0, 0.05) is 31.2 Å². The Hall–Kier alpha value is -2.98. The van der Waals surface area contributed by atoms with Crippen LogP contribution in [-0.4, -0.2) is 75.9 Å². The summed E-state index contributed by atoms with van der Waals surface area (Å²) in [6, 6.07) is 13.5. The number of carbonyl (C=O) groups excluding carboxylic acids is 2. The van der Waals surface area contributed by atoms with Gasteiger partial charge in [-0.25, -0.2) is 13.2 Å². The number of hydrogen-bond acceptors (Lipinski definition) is 6. The molecule has 9 nitrogen and oxygen atoms in total. The molecule has 0 radical (unpaired) electrons. The van der Waals surface area contributed by atoms with Crippen LogP contribution in [0.15, 0.2) is 48.5 Å². The molecule has 0 bridgehead atoms. The zero-order valence-corrected chi connectivity index (χ0v) is 20.7. The van der Waals surface area contributed by atoms with E-state index in [1.807, 2.05) is 0 Å². The zero-order chi connectivity index (χ0) is 24.7. The van der Waals surface area contributed by atoms with E-state index in [0.29, 0.717) is 54.8 Å². The first-order valence-electron chi connectivity index (χ1n) is 10.8. The van der Waals surface area contributed by atoms with Crippen LogP contribution in [0.3, 0.4) is 0 Å². The Labute approximate surface area is 204 Å². The smallest absolute Gasteiger partial charge is 0.409 e. The minimum Gasteiger partial charge on any atom is -0.484 e. The molecule has 11 heteroatoms.